The van der Waals surface area contributed by atoms with Crippen molar-refractivity contribution in [2.24, 2.45) is 0 Å². The van der Waals surface area contributed by atoms with Gasteiger partial charge in [0.05, 0.1) is 5.69 Å². The van der Waals surface area contributed by atoms with Gasteiger partial charge in [0.25, 0.3) is 0 Å². The van der Waals surface area contributed by atoms with Crippen molar-refractivity contribution < 1.29 is 9.53 Å². The topological polar surface area (TPSA) is 38.3 Å². The first-order valence-corrected chi connectivity index (χ1v) is 6.37. The van der Waals surface area contributed by atoms with E-state index in [2.05, 4.69) is 5.32 Å². The Morgan fingerprint density at radius 1 is 1.11 bits per heavy atom. The van der Waals surface area contributed by atoms with Crippen LogP contribution in [-0.2, 0) is 4.79 Å². The number of carbonyl (C=O) groups is 1. The van der Waals surface area contributed by atoms with Gasteiger partial charge in [0.15, 0.2) is 5.75 Å². The lowest BCUT2D eigenvalue weighted by Crippen LogP contribution is -2.20. The van der Waals surface area contributed by atoms with E-state index in [-0.39, 0.29) is 5.91 Å². The summed E-state index contributed by atoms with van der Waals surface area (Å²) in [6.45, 7) is 1.62. The molecule has 0 spiro atoms. The monoisotopic (exact) mass is 275 g/mol. The second-order valence-electron chi connectivity index (χ2n) is 4.02. The van der Waals surface area contributed by atoms with Crippen molar-refractivity contribution >= 4 is 23.2 Å². The Labute approximate surface area is 117 Å². The fourth-order valence-corrected chi connectivity index (χ4v) is 1.56. The average Bonchev–Trinajstić information content (AvgIpc) is 2.42. The summed E-state index contributed by atoms with van der Waals surface area (Å²) >= 11 is 5.74. The smallest absolute Gasteiger partial charge is 0.242 e. The average molecular weight is 276 g/mol. The Morgan fingerprint density at radius 3 is 2.42 bits per heavy atom. The van der Waals surface area contributed by atoms with Gasteiger partial charge in [0.1, 0.15) is 11.1 Å². The number of benzene rings is 2. The number of carbonyl (C=O) groups excluding carboxylic acids is 1. The predicted octanol–water partition coefficient (Wildman–Crippen LogP) is 4.04. The van der Waals surface area contributed by atoms with Gasteiger partial charge in [-0.3, -0.25) is 4.79 Å². The van der Waals surface area contributed by atoms with Crippen molar-refractivity contribution in [2.75, 3.05) is 5.32 Å². The highest BCUT2D eigenvalue weighted by Crippen LogP contribution is 2.29. The van der Waals surface area contributed by atoms with Gasteiger partial charge in [-0.15, -0.1) is 11.6 Å². The van der Waals surface area contributed by atoms with Crippen LogP contribution in [0.2, 0.25) is 0 Å². The van der Waals surface area contributed by atoms with Gasteiger partial charge in [-0.05, 0) is 31.2 Å². The van der Waals surface area contributed by atoms with E-state index < -0.39 is 5.38 Å². The summed E-state index contributed by atoms with van der Waals surface area (Å²) in [6, 6.07) is 16.6. The van der Waals surface area contributed by atoms with E-state index in [1.165, 1.54) is 0 Å². The highest BCUT2D eigenvalue weighted by Gasteiger charge is 2.12. The Bertz CT molecular complexity index is 555. The molecule has 3 nitrogen and oxygen atoms in total. The SMILES string of the molecule is CC(Cl)C(=O)Nc1ccccc1Oc1ccccc1. The molecule has 2 aromatic carbocycles. The molecule has 1 unspecified atom stereocenters. The zero-order chi connectivity index (χ0) is 13.7. The molecule has 19 heavy (non-hydrogen) atoms. The van der Waals surface area contributed by atoms with Crippen LogP contribution in [0, 0.1) is 0 Å². The van der Waals surface area contributed by atoms with Crippen LogP contribution in [-0.4, -0.2) is 11.3 Å². The number of nitrogens with one attached hydrogen (secondary N) is 1. The molecule has 0 saturated carbocycles. The molecule has 4 heteroatoms. The van der Waals surface area contributed by atoms with Crippen LogP contribution in [0.5, 0.6) is 11.5 Å². The van der Waals surface area contributed by atoms with Crippen LogP contribution < -0.4 is 10.1 Å². The van der Waals surface area contributed by atoms with E-state index >= 15 is 0 Å². The fourth-order valence-electron chi connectivity index (χ4n) is 1.51. The first-order chi connectivity index (χ1) is 9.16. The molecule has 0 aliphatic carbocycles. The highest BCUT2D eigenvalue weighted by molar-refractivity contribution is 6.32. The lowest BCUT2D eigenvalue weighted by Gasteiger charge is -2.12. The molecule has 0 saturated heterocycles. The first kappa shape index (κ1) is 13.4. The lowest BCUT2D eigenvalue weighted by atomic mass is 10.2. The number of halogens is 1. The second-order valence-corrected chi connectivity index (χ2v) is 4.67. The van der Waals surface area contributed by atoms with Gasteiger partial charge in [-0.25, -0.2) is 0 Å². The number of hydrogen-bond donors (Lipinski definition) is 1. The Hall–Kier alpha value is -2.00. The standard InChI is InChI=1S/C15H14ClNO2/c1-11(16)15(18)17-13-9-5-6-10-14(13)19-12-7-3-2-4-8-12/h2-11H,1H3,(H,17,18). The van der Waals surface area contributed by atoms with Gasteiger partial charge < -0.3 is 10.1 Å². The quantitative estimate of drug-likeness (QED) is 0.855. The molecule has 2 rings (SSSR count). The lowest BCUT2D eigenvalue weighted by molar-refractivity contribution is -0.115. The minimum Gasteiger partial charge on any atom is -0.455 e. The molecular formula is C15H14ClNO2. The largest absolute Gasteiger partial charge is 0.455 e. The summed E-state index contributed by atoms with van der Waals surface area (Å²) in [5.74, 6) is 1.04. The third kappa shape index (κ3) is 3.73. The highest BCUT2D eigenvalue weighted by atomic mass is 35.5. The number of amides is 1. The number of anilines is 1. The molecule has 98 valence electrons. The summed E-state index contributed by atoms with van der Waals surface area (Å²) in [5.41, 5.74) is 0.601. The Kier molecular flexibility index (Phi) is 4.42. The van der Waals surface area contributed by atoms with E-state index in [9.17, 15) is 4.79 Å². The summed E-state index contributed by atoms with van der Waals surface area (Å²) in [4.78, 5) is 11.6. The van der Waals surface area contributed by atoms with Gasteiger partial charge in [-0.2, -0.15) is 0 Å². The van der Waals surface area contributed by atoms with Crippen LogP contribution in [0.1, 0.15) is 6.92 Å². The number of rotatable bonds is 4. The maximum atomic E-state index is 11.6. The molecule has 0 radical (unpaired) electrons. The number of ether oxygens (including phenoxy) is 1. The van der Waals surface area contributed by atoms with Crippen molar-refractivity contribution in [3.05, 3.63) is 54.6 Å². The van der Waals surface area contributed by atoms with Crippen molar-refractivity contribution in [3.8, 4) is 11.5 Å². The number of para-hydroxylation sites is 3. The van der Waals surface area contributed by atoms with E-state index in [1.807, 2.05) is 42.5 Å². The van der Waals surface area contributed by atoms with E-state index in [0.717, 1.165) is 0 Å². The zero-order valence-electron chi connectivity index (χ0n) is 10.5. The maximum Gasteiger partial charge on any atom is 0.242 e. The number of alkyl halides is 1. The van der Waals surface area contributed by atoms with Crippen LogP contribution in [0.25, 0.3) is 0 Å². The van der Waals surface area contributed by atoms with E-state index in [1.54, 1.807) is 19.1 Å². The summed E-state index contributed by atoms with van der Waals surface area (Å²) in [5, 5.41) is 2.14. The predicted molar refractivity (Wildman–Crippen MR) is 76.9 cm³/mol. The van der Waals surface area contributed by atoms with Crippen molar-refractivity contribution in [2.45, 2.75) is 12.3 Å². The summed E-state index contributed by atoms with van der Waals surface area (Å²) < 4.78 is 5.73. The summed E-state index contributed by atoms with van der Waals surface area (Å²) in [6.07, 6.45) is 0. The molecule has 0 bridgehead atoms. The minimum atomic E-state index is -0.593. The van der Waals surface area contributed by atoms with Crippen LogP contribution in [0.15, 0.2) is 54.6 Å². The number of hydrogen-bond acceptors (Lipinski definition) is 2. The Morgan fingerprint density at radius 2 is 1.74 bits per heavy atom. The second kappa shape index (κ2) is 6.25. The fraction of sp³-hybridized carbons (Fsp3) is 0.133. The molecule has 0 aliphatic rings. The Balaban J connectivity index is 2.19. The molecular weight excluding hydrogens is 262 g/mol. The van der Waals surface area contributed by atoms with Gasteiger partial charge >= 0.3 is 0 Å². The molecule has 1 N–H and O–H groups in total. The van der Waals surface area contributed by atoms with E-state index in [0.29, 0.717) is 17.2 Å². The van der Waals surface area contributed by atoms with E-state index in [4.69, 9.17) is 16.3 Å². The first-order valence-electron chi connectivity index (χ1n) is 5.93. The third-order valence-electron chi connectivity index (χ3n) is 2.48. The van der Waals surface area contributed by atoms with Gasteiger partial charge in [-0.1, -0.05) is 30.3 Å². The van der Waals surface area contributed by atoms with Crippen molar-refractivity contribution in [1.29, 1.82) is 0 Å². The maximum absolute atomic E-state index is 11.6. The van der Waals surface area contributed by atoms with Gasteiger partial charge in [0, 0.05) is 0 Å². The molecule has 0 fully saturated rings. The van der Waals surface area contributed by atoms with Crippen LogP contribution in [0.4, 0.5) is 5.69 Å². The molecule has 0 aliphatic heterocycles. The van der Waals surface area contributed by atoms with Crippen LogP contribution >= 0.6 is 11.6 Å². The molecule has 0 aromatic heterocycles. The molecule has 1 atom stereocenters. The van der Waals surface area contributed by atoms with Crippen molar-refractivity contribution in [1.82, 2.24) is 0 Å². The van der Waals surface area contributed by atoms with Crippen molar-refractivity contribution in [3.63, 3.8) is 0 Å². The van der Waals surface area contributed by atoms with Gasteiger partial charge in [0.2, 0.25) is 5.91 Å². The minimum absolute atomic E-state index is 0.259. The molecule has 2 aromatic rings. The van der Waals surface area contributed by atoms with Crippen LogP contribution in [0.3, 0.4) is 0 Å². The third-order valence-corrected chi connectivity index (χ3v) is 2.68. The molecule has 1 amide bonds. The normalized spacial score (nSPS) is 11.7. The summed E-state index contributed by atoms with van der Waals surface area (Å²) in [7, 11) is 0. The molecule has 0 heterocycles. The zero-order valence-corrected chi connectivity index (χ0v) is 11.2.